The van der Waals surface area contributed by atoms with Gasteiger partial charge in [0.05, 0.1) is 26.4 Å². The van der Waals surface area contributed by atoms with Crippen molar-refractivity contribution in [3.63, 3.8) is 0 Å². The summed E-state index contributed by atoms with van der Waals surface area (Å²) in [5.41, 5.74) is 0. The number of phosphoric acid groups is 2. The molecule has 0 aliphatic rings. The van der Waals surface area contributed by atoms with Gasteiger partial charge in [-0.3, -0.25) is 37.3 Å². The molecule has 17 nitrogen and oxygen atoms in total. The molecule has 0 aromatic rings. The standard InChI is InChI=1S/C71H138O17P2/c1-7-10-12-14-16-18-23-28-35-41-47-53-68(73)81-59-66(87-70(75)55-49-43-37-29-24-19-17-15-13-11-8-2)61-85-89(77,78)83-57-65(72)58-84-90(79,80)86-62-67(60-82-69(74)54-48-42-36-32-31-34-40-46-52-64(6)9-3)88-71(76)56-50-44-38-30-26-22-20-21-25-27-33-39-45-51-63(4)5/h63-67,72H,7-62H2,1-6H3,(H,77,78)(H,79,80)/t64?,65-,66+,67+/m0/s1. The SMILES string of the molecule is CCCCCCCCCCCCCC(=O)OC[C@H](COP(=O)(O)OC[C@H](O)COP(=O)(O)OC[C@@H](COC(=O)CCCCCCCCCCC(C)CC)OC(=O)CCCCCCCCCCCCCCCC(C)C)OC(=O)CCCCCCCCCCCCC. The minimum absolute atomic E-state index is 0.107. The maximum atomic E-state index is 13.0. The second-order valence-electron chi connectivity index (χ2n) is 26.3. The molecule has 0 heterocycles. The quantitative estimate of drug-likeness (QED) is 0.0222. The molecule has 0 bridgehead atoms. The van der Waals surface area contributed by atoms with Gasteiger partial charge in [-0.1, -0.05) is 311 Å². The number of aliphatic hydroxyl groups excluding tert-OH is 1. The van der Waals surface area contributed by atoms with Gasteiger partial charge in [-0.05, 0) is 37.5 Å². The van der Waals surface area contributed by atoms with E-state index in [-0.39, 0.29) is 25.7 Å². The van der Waals surface area contributed by atoms with Crippen LogP contribution in [0.1, 0.15) is 363 Å². The molecule has 90 heavy (non-hydrogen) atoms. The van der Waals surface area contributed by atoms with Crippen LogP contribution in [0.25, 0.3) is 0 Å². The van der Waals surface area contributed by atoms with Crippen molar-refractivity contribution in [3.8, 4) is 0 Å². The van der Waals surface area contributed by atoms with Gasteiger partial charge in [0.15, 0.2) is 12.2 Å². The lowest BCUT2D eigenvalue weighted by Gasteiger charge is -2.21. The third kappa shape index (κ3) is 63.5. The molecule has 0 fully saturated rings. The molecule has 3 N–H and O–H groups in total. The molecular formula is C71H138O17P2. The van der Waals surface area contributed by atoms with Crippen molar-refractivity contribution < 1.29 is 80.2 Å². The van der Waals surface area contributed by atoms with Crippen molar-refractivity contribution in [2.24, 2.45) is 11.8 Å². The molecule has 0 aliphatic carbocycles. The van der Waals surface area contributed by atoms with Crippen LogP contribution in [0.2, 0.25) is 0 Å². The molecule has 19 heteroatoms. The number of phosphoric ester groups is 2. The van der Waals surface area contributed by atoms with Crippen molar-refractivity contribution in [3.05, 3.63) is 0 Å². The zero-order chi connectivity index (χ0) is 66.5. The monoisotopic (exact) mass is 1320 g/mol. The summed E-state index contributed by atoms with van der Waals surface area (Å²) in [5, 5.41) is 10.6. The summed E-state index contributed by atoms with van der Waals surface area (Å²) in [6.45, 7) is 9.57. The van der Waals surface area contributed by atoms with Crippen molar-refractivity contribution in [1.82, 2.24) is 0 Å². The predicted octanol–water partition coefficient (Wildman–Crippen LogP) is 20.4. The molecular weight excluding hydrogens is 1190 g/mol. The fourth-order valence-electron chi connectivity index (χ4n) is 10.7. The normalized spacial score (nSPS) is 14.4. The third-order valence-corrected chi connectivity index (χ3v) is 18.7. The molecule has 0 aromatic heterocycles. The van der Waals surface area contributed by atoms with E-state index in [2.05, 4.69) is 41.5 Å². The minimum atomic E-state index is -4.95. The van der Waals surface area contributed by atoms with Crippen molar-refractivity contribution in [1.29, 1.82) is 0 Å². The van der Waals surface area contributed by atoms with Crippen LogP contribution in [0.3, 0.4) is 0 Å². The van der Waals surface area contributed by atoms with Gasteiger partial charge in [0.1, 0.15) is 19.3 Å². The second kappa shape index (κ2) is 63.1. The van der Waals surface area contributed by atoms with Crippen LogP contribution in [0.15, 0.2) is 0 Å². The van der Waals surface area contributed by atoms with E-state index in [1.54, 1.807) is 0 Å². The molecule has 6 atom stereocenters. The molecule has 0 radical (unpaired) electrons. The first-order chi connectivity index (χ1) is 43.4. The van der Waals surface area contributed by atoms with Gasteiger partial charge in [0.2, 0.25) is 0 Å². The first-order valence-electron chi connectivity index (χ1n) is 37.0. The number of aliphatic hydroxyl groups is 1. The number of hydrogen-bond acceptors (Lipinski definition) is 15. The molecule has 534 valence electrons. The van der Waals surface area contributed by atoms with Gasteiger partial charge in [0.25, 0.3) is 0 Å². The lowest BCUT2D eigenvalue weighted by Crippen LogP contribution is -2.30. The Balaban J connectivity index is 5.25. The van der Waals surface area contributed by atoms with E-state index in [4.69, 9.17) is 37.0 Å². The Labute approximate surface area is 549 Å². The van der Waals surface area contributed by atoms with E-state index >= 15 is 0 Å². The summed E-state index contributed by atoms with van der Waals surface area (Å²) in [5.74, 6) is -0.557. The third-order valence-electron chi connectivity index (χ3n) is 16.8. The number of ether oxygens (including phenoxy) is 4. The Kier molecular flexibility index (Phi) is 61.8. The summed E-state index contributed by atoms with van der Waals surface area (Å²) in [6.07, 6.45) is 48.3. The van der Waals surface area contributed by atoms with Crippen LogP contribution < -0.4 is 0 Å². The summed E-state index contributed by atoms with van der Waals surface area (Å²) in [4.78, 5) is 72.6. The van der Waals surface area contributed by atoms with Gasteiger partial charge in [-0.15, -0.1) is 0 Å². The maximum absolute atomic E-state index is 13.0. The molecule has 0 saturated heterocycles. The fourth-order valence-corrected chi connectivity index (χ4v) is 12.3. The zero-order valence-electron chi connectivity index (χ0n) is 58.4. The minimum Gasteiger partial charge on any atom is -0.462 e. The predicted molar refractivity (Wildman–Crippen MR) is 363 cm³/mol. The Morgan fingerprint density at radius 2 is 0.567 bits per heavy atom. The van der Waals surface area contributed by atoms with Crippen LogP contribution >= 0.6 is 15.6 Å². The smallest absolute Gasteiger partial charge is 0.462 e. The van der Waals surface area contributed by atoms with Crippen LogP contribution in [0, 0.1) is 11.8 Å². The number of carbonyl (C=O) groups is 4. The number of rotatable bonds is 70. The summed E-state index contributed by atoms with van der Waals surface area (Å²) in [6, 6.07) is 0. The van der Waals surface area contributed by atoms with Gasteiger partial charge in [0, 0.05) is 25.7 Å². The molecule has 0 aromatic carbocycles. The highest BCUT2D eigenvalue weighted by Gasteiger charge is 2.30. The number of hydrogen-bond donors (Lipinski definition) is 3. The molecule has 3 unspecified atom stereocenters. The number of esters is 4. The summed E-state index contributed by atoms with van der Waals surface area (Å²) >= 11 is 0. The first-order valence-corrected chi connectivity index (χ1v) is 40.0. The van der Waals surface area contributed by atoms with Crippen molar-refractivity contribution >= 4 is 39.5 Å². The lowest BCUT2D eigenvalue weighted by molar-refractivity contribution is -0.161. The first kappa shape index (κ1) is 88.1. The maximum Gasteiger partial charge on any atom is 0.472 e. The van der Waals surface area contributed by atoms with E-state index in [1.165, 1.54) is 180 Å². The summed E-state index contributed by atoms with van der Waals surface area (Å²) in [7, 11) is -9.90. The van der Waals surface area contributed by atoms with Gasteiger partial charge in [-0.2, -0.15) is 0 Å². The highest BCUT2D eigenvalue weighted by molar-refractivity contribution is 7.47. The van der Waals surface area contributed by atoms with Crippen LogP contribution in [0.4, 0.5) is 0 Å². The summed E-state index contributed by atoms with van der Waals surface area (Å²) < 4.78 is 68.3. The highest BCUT2D eigenvalue weighted by Crippen LogP contribution is 2.45. The van der Waals surface area contributed by atoms with Crippen LogP contribution in [-0.4, -0.2) is 96.7 Å². The van der Waals surface area contributed by atoms with Gasteiger partial charge in [-0.25, -0.2) is 9.13 Å². The lowest BCUT2D eigenvalue weighted by atomic mass is 9.99. The molecule has 0 amide bonds. The van der Waals surface area contributed by atoms with E-state index in [0.29, 0.717) is 25.7 Å². The van der Waals surface area contributed by atoms with E-state index in [1.807, 2.05) is 0 Å². The molecule has 0 spiro atoms. The highest BCUT2D eigenvalue weighted by atomic mass is 31.2. The topological polar surface area (TPSA) is 237 Å². The molecule has 0 aliphatic heterocycles. The number of unbranched alkanes of at least 4 members (excludes halogenated alkanes) is 39. The van der Waals surface area contributed by atoms with Gasteiger partial charge >= 0.3 is 39.5 Å². The average molecular weight is 1330 g/mol. The van der Waals surface area contributed by atoms with Crippen molar-refractivity contribution in [2.75, 3.05) is 39.6 Å². The Morgan fingerprint density at radius 3 is 0.844 bits per heavy atom. The Bertz CT molecular complexity index is 1750. The zero-order valence-corrected chi connectivity index (χ0v) is 60.2. The fraction of sp³-hybridized carbons (Fsp3) is 0.944. The Hall–Kier alpha value is -1.94. The Morgan fingerprint density at radius 1 is 0.322 bits per heavy atom. The number of carbonyl (C=O) groups excluding carboxylic acids is 4. The molecule has 0 rings (SSSR count). The molecule has 0 saturated carbocycles. The van der Waals surface area contributed by atoms with E-state index in [9.17, 15) is 43.2 Å². The van der Waals surface area contributed by atoms with Crippen molar-refractivity contribution in [2.45, 2.75) is 381 Å². The largest absolute Gasteiger partial charge is 0.472 e. The average Bonchev–Trinajstić information content (AvgIpc) is 3.51. The van der Waals surface area contributed by atoms with Crippen LogP contribution in [-0.2, 0) is 65.4 Å². The van der Waals surface area contributed by atoms with Gasteiger partial charge < -0.3 is 33.8 Å². The van der Waals surface area contributed by atoms with E-state index < -0.39 is 97.5 Å². The van der Waals surface area contributed by atoms with E-state index in [0.717, 1.165) is 102 Å². The second-order valence-corrected chi connectivity index (χ2v) is 29.3. The van der Waals surface area contributed by atoms with Crippen LogP contribution in [0.5, 0.6) is 0 Å².